The fourth-order valence-corrected chi connectivity index (χ4v) is 6.16. The van der Waals surface area contributed by atoms with E-state index in [1.54, 1.807) is 48.5 Å². The number of fused-ring (bicyclic) bond motifs is 1. The zero-order valence-electron chi connectivity index (χ0n) is 16.8. The Kier molecular flexibility index (Phi) is 6.17. The molecular weight excluding hydrogens is 456 g/mol. The number of nitrogens with one attached hydrogen (secondary N) is 1. The van der Waals surface area contributed by atoms with Gasteiger partial charge in [0, 0.05) is 0 Å². The average molecular weight is 477 g/mol. The molecule has 0 fully saturated rings. The summed E-state index contributed by atoms with van der Waals surface area (Å²) < 4.78 is 34.6. The van der Waals surface area contributed by atoms with E-state index in [2.05, 4.69) is 15.5 Å². The second-order valence-electron chi connectivity index (χ2n) is 6.72. The van der Waals surface area contributed by atoms with E-state index < -0.39 is 22.0 Å². The van der Waals surface area contributed by atoms with Crippen molar-refractivity contribution in [3.8, 4) is 5.75 Å². The number of rotatable bonds is 6. The van der Waals surface area contributed by atoms with Gasteiger partial charge in [0.15, 0.2) is 10.4 Å². The maximum absolute atomic E-state index is 13.4. The van der Waals surface area contributed by atoms with Gasteiger partial charge in [-0.3, -0.25) is 14.4 Å². The second-order valence-corrected chi connectivity index (χ2v) is 11.1. The Morgan fingerprint density at radius 2 is 1.97 bits per heavy atom. The lowest BCUT2D eigenvalue weighted by Crippen LogP contribution is -2.48. The molecule has 162 valence electrons. The molecule has 1 atom stereocenters. The van der Waals surface area contributed by atoms with Crippen LogP contribution in [-0.2, 0) is 14.8 Å². The molecule has 1 aliphatic heterocycles. The third kappa shape index (κ3) is 4.53. The minimum Gasteiger partial charge on any atom is -0.476 e. The first-order chi connectivity index (χ1) is 14.9. The molecular formula is C20H20N4O4S3. The summed E-state index contributed by atoms with van der Waals surface area (Å²) in [6.07, 6.45) is -1.04. The molecule has 4 rings (SSSR count). The van der Waals surface area contributed by atoms with Crippen LogP contribution < -0.4 is 14.4 Å². The van der Waals surface area contributed by atoms with Crippen molar-refractivity contribution in [1.82, 2.24) is 10.2 Å². The summed E-state index contributed by atoms with van der Waals surface area (Å²) in [5, 5.41) is 11.0. The van der Waals surface area contributed by atoms with Gasteiger partial charge in [0.05, 0.1) is 17.1 Å². The molecule has 1 N–H and O–H groups in total. The molecule has 0 bridgehead atoms. The number of hydrogen-bond donors (Lipinski definition) is 1. The molecule has 3 aromatic rings. The Hall–Kier alpha value is -2.63. The number of hydrogen-bond acceptors (Lipinski definition) is 8. The first-order valence-electron chi connectivity index (χ1n) is 9.50. The first-order valence-corrected chi connectivity index (χ1v) is 12.7. The van der Waals surface area contributed by atoms with Gasteiger partial charge in [-0.15, -0.1) is 10.2 Å². The lowest BCUT2D eigenvalue weighted by atomic mass is 10.2. The minimum absolute atomic E-state index is 0.152. The number of para-hydroxylation sites is 2. The third-order valence-electron chi connectivity index (χ3n) is 4.54. The molecule has 0 radical (unpaired) electrons. The number of amides is 1. The quantitative estimate of drug-likeness (QED) is 0.429. The Balaban J connectivity index is 1.62. The molecule has 0 unspecified atom stereocenters. The highest BCUT2D eigenvalue weighted by atomic mass is 32.2. The van der Waals surface area contributed by atoms with Crippen molar-refractivity contribution < 1.29 is 17.9 Å². The van der Waals surface area contributed by atoms with Crippen molar-refractivity contribution >= 4 is 49.8 Å². The van der Waals surface area contributed by atoms with E-state index in [1.165, 1.54) is 27.4 Å². The lowest BCUT2D eigenvalue weighted by molar-refractivity contribution is -0.122. The Morgan fingerprint density at radius 1 is 1.23 bits per heavy atom. The molecule has 1 amide bonds. The maximum Gasteiger partial charge on any atom is 0.269 e. The van der Waals surface area contributed by atoms with Crippen LogP contribution in [0, 0.1) is 6.92 Å². The predicted molar refractivity (Wildman–Crippen MR) is 122 cm³/mol. The zero-order valence-corrected chi connectivity index (χ0v) is 19.3. The summed E-state index contributed by atoms with van der Waals surface area (Å²) in [5.41, 5.74) is 1.35. The lowest BCUT2D eigenvalue weighted by Gasteiger charge is -2.34. The number of sulfonamides is 1. The van der Waals surface area contributed by atoms with Crippen molar-refractivity contribution in [3.05, 3.63) is 54.1 Å². The van der Waals surface area contributed by atoms with E-state index in [9.17, 15) is 13.2 Å². The summed E-state index contributed by atoms with van der Waals surface area (Å²) in [5.74, 6) is 0.684. The van der Waals surface area contributed by atoms with Crippen LogP contribution in [0.25, 0.3) is 0 Å². The summed E-state index contributed by atoms with van der Waals surface area (Å²) in [6, 6.07) is 13.4. The van der Waals surface area contributed by atoms with E-state index in [4.69, 9.17) is 4.74 Å². The standard InChI is InChI=1S/C20H20N4O4S3/c1-3-29-20-23-22-19(30-20)21-18(25)17-12-24(15-6-4-5-7-16(15)28-17)31(26,27)14-10-8-13(2)9-11-14/h4-11,17H,3,12H2,1-2H3,(H,21,22,25)/t17-/m1/s1. The van der Waals surface area contributed by atoms with Gasteiger partial charge in [-0.25, -0.2) is 8.42 Å². The van der Waals surface area contributed by atoms with E-state index in [0.717, 1.165) is 15.7 Å². The smallest absolute Gasteiger partial charge is 0.269 e. The van der Waals surface area contributed by atoms with Crippen LogP contribution in [0.3, 0.4) is 0 Å². The topological polar surface area (TPSA) is 101 Å². The predicted octanol–water partition coefficient (Wildman–Crippen LogP) is 3.55. The largest absolute Gasteiger partial charge is 0.476 e. The van der Waals surface area contributed by atoms with Gasteiger partial charge in [0.25, 0.3) is 15.9 Å². The molecule has 31 heavy (non-hydrogen) atoms. The van der Waals surface area contributed by atoms with Crippen molar-refractivity contribution in [3.63, 3.8) is 0 Å². The van der Waals surface area contributed by atoms with Gasteiger partial charge < -0.3 is 4.74 Å². The molecule has 0 saturated carbocycles. The molecule has 8 nitrogen and oxygen atoms in total. The Morgan fingerprint density at radius 3 is 2.71 bits per heavy atom. The van der Waals surface area contributed by atoms with Gasteiger partial charge >= 0.3 is 0 Å². The number of nitrogens with zero attached hydrogens (tertiary/aromatic N) is 3. The van der Waals surface area contributed by atoms with E-state index in [0.29, 0.717) is 16.6 Å². The summed E-state index contributed by atoms with van der Waals surface area (Å²) in [4.78, 5) is 13.0. The molecule has 0 saturated heterocycles. The number of carbonyl (C=O) groups is 1. The molecule has 1 aliphatic rings. The van der Waals surface area contributed by atoms with Crippen LogP contribution in [-0.4, -0.2) is 42.9 Å². The molecule has 11 heteroatoms. The van der Waals surface area contributed by atoms with Crippen LogP contribution in [0.2, 0.25) is 0 Å². The molecule has 0 aliphatic carbocycles. The summed E-state index contributed by atoms with van der Waals surface area (Å²) in [6.45, 7) is 3.73. The number of anilines is 2. The van der Waals surface area contributed by atoms with Gasteiger partial charge in [-0.1, -0.05) is 59.9 Å². The van der Waals surface area contributed by atoms with Crippen LogP contribution in [0.4, 0.5) is 10.8 Å². The van der Waals surface area contributed by atoms with E-state index in [1.807, 2.05) is 13.8 Å². The SMILES string of the molecule is CCSc1nnc(NC(=O)[C@H]2CN(S(=O)(=O)c3ccc(C)cc3)c3ccccc3O2)s1. The zero-order chi connectivity index (χ0) is 22.0. The Bertz CT molecular complexity index is 1200. The van der Waals surface area contributed by atoms with Gasteiger partial charge in [-0.2, -0.15) is 0 Å². The molecule has 1 aromatic heterocycles. The first kappa shape index (κ1) is 21.6. The van der Waals surface area contributed by atoms with E-state index >= 15 is 0 Å². The summed E-state index contributed by atoms with van der Waals surface area (Å²) >= 11 is 2.79. The van der Waals surface area contributed by atoms with Crippen molar-refractivity contribution in [2.24, 2.45) is 0 Å². The van der Waals surface area contributed by atoms with Crippen LogP contribution in [0.5, 0.6) is 5.75 Å². The highest BCUT2D eigenvalue weighted by Gasteiger charge is 2.37. The van der Waals surface area contributed by atoms with Gasteiger partial charge in [-0.05, 0) is 36.9 Å². The van der Waals surface area contributed by atoms with Crippen molar-refractivity contribution in [1.29, 1.82) is 0 Å². The van der Waals surface area contributed by atoms with Crippen LogP contribution in [0.15, 0.2) is 57.8 Å². The highest BCUT2D eigenvalue weighted by molar-refractivity contribution is 8.01. The molecule has 0 spiro atoms. The van der Waals surface area contributed by atoms with E-state index in [-0.39, 0.29) is 11.4 Å². The van der Waals surface area contributed by atoms with Gasteiger partial charge in [0.1, 0.15) is 5.75 Å². The fraction of sp³-hybridized carbons (Fsp3) is 0.250. The number of ether oxygens (including phenoxy) is 1. The highest BCUT2D eigenvalue weighted by Crippen LogP contribution is 2.37. The van der Waals surface area contributed by atoms with Crippen molar-refractivity contribution in [2.75, 3.05) is 21.9 Å². The Labute approximate surface area is 188 Å². The van der Waals surface area contributed by atoms with Crippen LogP contribution in [0.1, 0.15) is 12.5 Å². The normalized spacial score (nSPS) is 15.8. The monoisotopic (exact) mass is 476 g/mol. The number of carbonyl (C=O) groups excluding carboxylic acids is 1. The molecule has 2 heterocycles. The second kappa shape index (κ2) is 8.85. The number of aromatic nitrogens is 2. The van der Waals surface area contributed by atoms with Crippen molar-refractivity contribution in [2.45, 2.75) is 29.2 Å². The number of aryl methyl sites for hydroxylation is 1. The molecule has 2 aromatic carbocycles. The fourth-order valence-electron chi connectivity index (χ4n) is 3.03. The third-order valence-corrected chi connectivity index (χ3v) is 8.19. The number of benzene rings is 2. The number of thioether (sulfide) groups is 1. The minimum atomic E-state index is -3.89. The average Bonchev–Trinajstić information content (AvgIpc) is 3.20. The van der Waals surface area contributed by atoms with Crippen LogP contribution >= 0.6 is 23.1 Å². The maximum atomic E-state index is 13.4. The summed E-state index contributed by atoms with van der Waals surface area (Å²) in [7, 11) is -3.89. The van der Waals surface area contributed by atoms with Gasteiger partial charge in [0.2, 0.25) is 5.13 Å².